The van der Waals surface area contributed by atoms with Gasteiger partial charge in [-0.15, -0.1) is 0 Å². The Bertz CT molecular complexity index is 169. The first-order valence-corrected chi connectivity index (χ1v) is 9.54. The summed E-state index contributed by atoms with van der Waals surface area (Å²) in [5.74, 6) is 0. The van der Waals surface area contributed by atoms with Crippen molar-refractivity contribution in [1.29, 1.82) is 0 Å². The van der Waals surface area contributed by atoms with Gasteiger partial charge in [-0.3, -0.25) is 0 Å². The second-order valence-electron chi connectivity index (χ2n) is 6.71. The molecule has 0 aromatic carbocycles. The highest BCUT2D eigenvalue weighted by atomic mass is 79.9. The van der Waals surface area contributed by atoms with Crippen molar-refractivity contribution in [2.45, 2.75) is 115 Å². The van der Waals surface area contributed by atoms with Crippen molar-refractivity contribution in [3.8, 4) is 0 Å². The minimum atomic E-state index is 0.352. The fourth-order valence-corrected chi connectivity index (χ4v) is 2.84. The molecule has 0 saturated heterocycles. The van der Waals surface area contributed by atoms with Crippen LogP contribution in [0.1, 0.15) is 111 Å². The van der Waals surface area contributed by atoms with Gasteiger partial charge in [0.1, 0.15) is 0 Å². The molecule has 0 heterocycles. The molecule has 0 aliphatic heterocycles. The van der Waals surface area contributed by atoms with E-state index in [-0.39, 0.29) is 0 Å². The standard InChI is InChI=1S/C18H37Br/c1-4-5-6-7-8-9-10-11-12-13-14-15-16-17-18(2,3)19/h4-17H2,1-3H3. The van der Waals surface area contributed by atoms with Gasteiger partial charge >= 0.3 is 0 Å². The van der Waals surface area contributed by atoms with E-state index in [1.807, 2.05) is 0 Å². The molecular weight excluding hydrogens is 296 g/mol. The van der Waals surface area contributed by atoms with Gasteiger partial charge in [-0.05, 0) is 6.42 Å². The molecule has 0 aliphatic carbocycles. The predicted molar refractivity (Wildman–Crippen MR) is 93.3 cm³/mol. The summed E-state index contributed by atoms with van der Waals surface area (Å²) in [7, 11) is 0. The lowest BCUT2D eigenvalue weighted by Crippen LogP contribution is -2.07. The third kappa shape index (κ3) is 18.5. The zero-order chi connectivity index (χ0) is 14.4. The van der Waals surface area contributed by atoms with Crippen LogP contribution in [-0.2, 0) is 0 Å². The SMILES string of the molecule is CCCCCCCCCCCCCCCC(C)(C)Br. The van der Waals surface area contributed by atoms with E-state index in [1.54, 1.807) is 0 Å². The topological polar surface area (TPSA) is 0 Å². The molecule has 0 saturated carbocycles. The third-order valence-electron chi connectivity index (χ3n) is 3.87. The molecule has 0 atom stereocenters. The first kappa shape index (κ1) is 19.5. The van der Waals surface area contributed by atoms with Gasteiger partial charge < -0.3 is 0 Å². The van der Waals surface area contributed by atoms with Crippen LogP contribution in [0, 0.1) is 0 Å². The Morgan fingerprint density at radius 1 is 0.579 bits per heavy atom. The maximum absolute atomic E-state index is 3.71. The zero-order valence-corrected chi connectivity index (χ0v) is 15.4. The Morgan fingerprint density at radius 2 is 0.895 bits per heavy atom. The van der Waals surface area contributed by atoms with Gasteiger partial charge in [-0.1, -0.05) is 120 Å². The molecule has 0 fully saturated rings. The van der Waals surface area contributed by atoms with Crippen LogP contribution in [-0.4, -0.2) is 4.32 Å². The Morgan fingerprint density at radius 3 is 1.21 bits per heavy atom. The Balaban J connectivity index is 2.99. The average molecular weight is 333 g/mol. The van der Waals surface area contributed by atoms with Crippen LogP contribution in [0.15, 0.2) is 0 Å². The highest BCUT2D eigenvalue weighted by molar-refractivity contribution is 9.10. The van der Waals surface area contributed by atoms with E-state index < -0.39 is 0 Å². The molecule has 0 amide bonds. The summed E-state index contributed by atoms with van der Waals surface area (Å²) in [6, 6.07) is 0. The van der Waals surface area contributed by atoms with E-state index in [9.17, 15) is 0 Å². The summed E-state index contributed by atoms with van der Waals surface area (Å²) in [6.07, 6.45) is 20.1. The highest BCUT2D eigenvalue weighted by Gasteiger charge is 2.10. The minimum Gasteiger partial charge on any atom is -0.0859 e. The molecule has 0 bridgehead atoms. The summed E-state index contributed by atoms with van der Waals surface area (Å²) in [5, 5.41) is 0. The lowest BCUT2D eigenvalue weighted by atomic mass is 10.0. The van der Waals surface area contributed by atoms with Crippen LogP contribution in [0.2, 0.25) is 0 Å². The number of alkyl halides is 1. The lowest BCUT2D eigenvalue weighted by Gasteiger charge is -2.15. The van der Waals surface area contributed by atoms with Crippen molar-refractivity contribution in [2.75, 3.05) is 0 Å². The lowest BCUT2D eigenvalue weighted by molar-refractivity contribution is 0.522. The van der Waals surface area contributed by atoms with Crippen molar-refractivity contribution < 1.29 is 0 Å². The van der Waals surface area contributed by atoms with Gasteiger partial charge in [0.15, 0.2) is 0 Å². The Labute approximate surface area is 131 Å². The third-order valence-corrected chi connectivity index (χ3v) is 4.27. The molecule has 116 valence electrons. The van der Waals surface area contributed by atoms with Crippen LogP contribution in [0.3, 0.4) is 0 Å². The predicted octanol–water partition coefficient (Wildman–Crippen LogP) is 7.64. The molecule has 0 spiro atoms. The van der Waals surface area contributed by atoms with E-state index in [4.69, 9.17) is 0 Å². The van der Waals surface area contributed by atoms with Crippen LogP contribution >= 0.6 is 15.9 Å². The maximum atomic E-state index is 3.71. The number of halogens is 1. The fourth-order valence-electron chi connectivity index (χ4n) is 2.56. The van der Waals surface area contributed by atoms with E-state index in [1.165, 1.54) is 89.9 Å². The second kappa shape index (κ2) is 13.5. The molecular formula is C18H37Br. The quantitative estimate of drug-likeness (QED) is 0.226. The molecule has 0 unspecified atom stereocenters. The number of hydrogen-bond acceptors (Lipinski definition) is 0. The van der Waals surface area contributed by atoms with Gasteiger partial charge in [-0.2, -0.15) is 0 Å². The average Bonchev–Trinajstić information content (AvgIpc) is 2.34. The summed E-state index contributed by atoms with van der Waals surface area (Å²) in [4.78, 5) is 0. The first-order valence-electron chi connectivity index (χ1n) is 8.75. The zero-order valence-electron chi connectivity index (χ0n) is 13.8. The normalized spacial score (nSPS) is 12.0. The fraction of sp³-hybridized carbons (Fsp3) is 1.00. The minimum absolute atomic E-state index is 0.352. The Kier molecular flexibility index (Phi) is 13.8. The molecule has 0 nitrogen and oxygen atoms in total. The smallest absolute Gasteiger partial charge is 0.0201 e. The van der Waals surface area contributed by atoms with Crippen molar-refractivity contribution >= 4 is 15.9 Å². The van der Waals surface area contributed by atoms with Crippen LogP contribution in [0.4, 0.5) is 0 Å². The van der Waals surface area contributed by atoms with Crippen molar-refractivity contribution in [2.24, 2.45) is 0 Å². The van der Waals surface area contributed by atoms with Gasteiger partial charge in [-0.25, -0.2) is 0 Å². The van der Waals surface area contributed by atoms with Gasteiger partial charge in [0.2, 0.25) is 0 Å². The van der Waals surface area contributed by atoms with Crippen molar-refractivity contribution in [3.05, 3.63) is 0 Å². The van der Waals surface area contributed by atoms with Gasteiger partial charge in [0.25, 0.3) is 0 Å². The molecule has 0 N–H and O–H groups in total. The van der Waals surface area contributed by atoms with Crippen molar-refractivity contribution in [3.63, 3.8) is 0 Å². The summed E-state index contributed by atoms with van der Waals surface area (Å²) in [5.41, 5.74) is 0. The first-order chi connectivity index (χ1) is 9.06. The molecule has 1 heteroatoms. The van der Waals surface area contributed by atoms with E-state index in [0.29, 0.717) is 4.32 Å². The Hall–Kier alpha value is 0.480. The monoisotopic (exact) mass is 332 g/mol. The van der Waals surface area contributed by atoms with Gasteiger partial charge in [0, 0.05) is 4.32 Å². The molecule has 19 heavy (non-hydrogen) atoms. The number of hydrogen-bond donors (Lipinski definition) is 0. The van der Waals surface area contributed by atoms with E-state index in [2.05, 4.69) is 36.7 Å². The highest BCUT2D eigenvalue weighted by Crippen LogP contribution is 2.23. The second-order valence-corrected chi connectivity index (χ2v) is 8.86. The van der Waals surface area contributed by atoms with Crippen LogP contribution < -0.4 is 0 Å². The summed E-state index contributed by atoms with van der Waals surface area (Å²) in [6.45, 7) is 6.83. The number of unbranched alkanes of at least 4 members (excludes halogenated alkanes) is 12. The van der Waals surface area contributed by atoms with Gasteiger partial charge in [0.05, 0.1) is 0 Å². The van der Waals surface area contributed by atoms with Crippen LogP contribution in [0.25, 0.3) is 0 Å². The maximum Gasteiger partial charge on any atom is 0.0201 e. The largest absolute Gasteiger partial charge is 0.0859 e. The van der Waals surface area contributed by atoms with E-state index >= 15 is 0 Å². The molecule has 0 rings (SSSR count). The molecule has 0 aliphatic rings. The molecule has 0 radical (unpaired) electrons. The molecule has 0 aromatic rings. The number of rotatable bonds is 14. The van der Waals surface area contributed by atoms with E-state index in [0.717, 1.165) is 0 Å². The van der Waals surface area contributed by atoms with Crippen molar-refractivity contribution in [1.82, 2.24) is 0 Å². The summed E-state index contributed by atoms with van der Waals surface area (Å²) >= 11 is 3.71. The summed E-state index contributed by atoms with van der Waals surface area (Å²) < 4.78 is 0.352. The van der Waals surface area contributed by atoms with Crippen LogP contribution in [0.5, 0.6) is 0 Å². The molecule has 0 aromatic heterocycles.